The molecule has 120 valence electrons. The van der Waals surface area contributed by atoms with Crippen LogP contribution in [0.5, 0.6) is 0 Å². The predicted molar refractivity (Wildman–Crippen MR) is 87.7 cm³/mol. The van der Waals surface area contributed by atoms with Gasteiger partial charge in [0.2, 0.25) is 11.8 Å². The minimum Gasteiger partial charge on any atom is -0.378 e. The second kappa shape index (κ2) is 8.26. The number of anilines is 1. The minimum atomic E-state index is -0.247. The van der Waals surface area contributed by atoms with Gasteiger partial charge in [0.15, 0.2) is 0 Å². The average molecular weight is 370 g/mol. The number of rotatable bonds is 5. The molecule has 2 rings (SSSR count). The van der Waals surface area contributed by atoms with Crippen LogP contribution in [0.3, 0.4) is 0 Å². The molecule has 7 heteroatoms. The van der Waals surface area contributed by atoms with E-state index in [4.69, 9.17) is 4.74 Å². The van der Waals surface area contributed by atoms with Crippen LogP contribution in [0.2, 0.25) is 0 Å². The van der Waals surface area contributed by atoms with Crippen LogP contribution in [0.15, 0.2) is 22.7 Å². The summed E-state index contributed by atoms with van der Waals surface area (Å²) in [6, 6.07) is 5.57. The van der Waals surface area contributed by atoms with Gasteiger partial charge in [-0.25, -0.2) is 0 Å². The molecule has 1 heterocycles. The summed E-state index contributed by atoms with van der Waals surface area (Å²) in [5.41, 5.74) is 1.74. The van der Waals surface area contributed by atoms with Crippen molar-refractivity contribution in [3.8, 4) is 0 Å². The molecule has 0 spiro atoms. The number of aryl methyl sites for hydroxylation is 1. The largest absolute Gasteiger partial charge is 0.378 e. The van der Waals surface area contributed by atoms with Gasteiger partial charge in [-0.2, -0.15) is 0 Å². The van der Waals surface area contributed by atoms with Crippen LogP contribution < -0.4 is 16.0 Å². The summed E-state index contributed by atoms with van der Waals surface area (Å²) < 4.78 is 6.27. The molecular weight excluding hydrogens is 350 g/mol. The Hall–Kier alpha value is -1.44. The molecule has 1 aromatic rings. The Labute approximate surface area is 138 Å². The summed E-state index contributed by atoms with van der Waals surface area (Å²) in [6.07, 6.45) is 0.310. The number of benzene rings is 1. The molecule has 1 atom stereocenters. The fourth-order valence-corrected chi connectivity index (χ4v) is 2.40. The van der Waals surface area contributed by atoms with Crippen molar-refractivity contribution in [1.29, 1.82) is 0 Å². The van der Waals surface area contributed by atoms with Crippen molar-refractivity contribution in [3.63, 3.8) is 0 Å². The number of hydrogen-bond acceptors (Lipinski definition) is 4. The van der Waals surface area contributed by atoms with Gasteiger partial charge < -0.3 is 20.7 Å². The quantitative estimate of drug-likeness (QED) is 0.728. The molecule has 6 nitrogen and oxygen atoms in total. The van der Waals surface area contributed by atoms with E-state index in [1.165, 1.54) is 0 Å². The van der Waals surface area contributed by atoms with Gasteiger partial charge in [0.1, 0.15) is 0 Å². The first-order chi connectivity index (χ1) is 10.5. The second-order valence-corrected chi connectivity index (χ2v) is 6.07. The van der Waals surface area contributed by atoms with Gasteiger partial charge >= 0.3 is 0 Å². The Morgan fingerprint density at radius 2 is 2.23 bits per heavy atom. The van der Waals surface area contributed by atoms with E-state index in [2.05, 4.69) is 31.9 Å². The van der Waals surface area contributed by atoms with Crippen LogP contribution in [0.25, 0.3) is 0 Å². The van der Waals surface area contributed by atoms with Crippen molar-refractivity contribution >= 4 is 33.4 Å². The zero-order valence-corrected chi connectivity index (χ0v) is 14.0. The third-order valence-electron chi connectivity index (χ3n) is 3.32. The standard InChI is InChI=1S/C15H20BrN3O3/c1-10-6-11(2-3-13(10)16)19-15(21)8-18-14(20)7-12-9-22-5-4-17-12/h2-3,6,12,17H,4-5,7-9H2,1H3,(H,18,20)(H,19,21). The Morgan fingerprint density at radius 3 is 2.91 bits per heavy atom. The van der Waals surface area contributed by atoms with Crippen molar-refractivity contribution < 1.29 is 14.3 Å². The third-order valence-corrected chi connectivity index (χ3v) is 4.21. The van der Waals surface area contributed by atoms with Gasteiger partial charge in [-0.15, -0.1) is 0 Å². The zero-order valence-electron chi connectivity index (χ0n) is 12.4. The Kier molecular flexibility index (Phi) is 6.35. The Bertz CT molecular complexity index is 545. The molecule has 2 amide bonds. The fraction of sp³-hybridized carbons (Fsp3) is 0.467. The van der Waals surface area contributed by atoms with Gasteiger partial charge in [-0.05, 0) is 30.7 Å². The second-order valence-electron chi connectivity index (χ2n) is 5.22. The van der Waals surface area contributed by atoms with E-state index in [0.29, 0.717) is 25.3 Å². The summed E-state index contributed by atoms with van der Waals surface area (Å²) in [6.45, 7) is 3.86. The molecule has 1 unspecified atom stereocenters. The lowest BCUT2D eigenvalue weighted by Crippen LogP contribution is -2.45. The normalized spacial score (nSPS) is 17.8. The van der Waals surface area contributed by atoms with Crippen molar-refractivity contribution in [1.82, 2.24) is 10.6 Å². The van der Waals surface area contributed by atoms with E-state index in [0.717, 1.165) is 16.6 Å². The van der Waals surface area contributed by atoms with Crippen LogP contribution in [-0.4, -0.2) is 44.2 Å². The number of nitrogens with one attached hydrogen (secondary N) is 3. The van der Waals surface area contributed by atoms with Gasteiger partial charge in [0.05, 0.1) is 19.8 Å². The molecule has 0 aromatic heterocycles. The topological polar surface area (TPSA) is 79.5 Å². The molecule has 0 saturated carbocycles. The van der Waals surface area contributed by atoms with E-state index in [1.807, 2.05) is 19.1 Å². The summed E-state index contributed by atoms with van der Waals surface area (Å²) in [5.74, 6) is -0.409. The molecule has 1 fully saturated rings. The number of halogens is 1. The Morgan fingerprint density at radius 1 is 1.41 bits per heavy atom. The number of ether oxygens (including phenoxy) is 1. The molecular formula is C15H20BrN3O3. The average Bonchev–Trinajstić information content (AvgIpc) is 2.50. The Balaban J connectivity index is 1.72. The smallest absolute Gasteiger partial charge is 0.243 e. The van der Waals surface area contributed by atoms with Gasteiger partial charge in [0.25, 0.3) is 0 Å². The minimum absolute atomic E-state index is 0.0194. The first-order valence-electron chi connectivity index (χ1n) is 7.18. The van der Waals surface area contributed by atoms with Gasteiger partial charge in [-0.3, -0.25) is 9.59 Å². The van der Waals surface area contributed by atoms with E-state index < -0.39 is 0 Å². The molecule has 1 aromatic carbocycles. The lowest BCUT2D eigenvalue weighted by Gasteiger charge is -2.23. The van der Waals surface area contributed by atoms with Crippen LogP contribution in [0.1, 0.15) is 12.0 Å². The first kappa shape index (κ1) is 16.9. The number of morpholine rings is 1. The highest BCUT2D eigenvalue weighted by atomic mass is 79.9. The number of carbonyl (C=O) groups is 2. The van der Waals surface area contributed by atoms with Gasteiger partial charge in [0, 0.05) is 29.2 Å². The number of carbonyl (C=O) groups excluding carboxylic acids is 2. The van der Waals surface area contributed by atoms with Crippen molar-refractivity contribution in [2.45, 2.75) is 19.4 Å². The first-order valence-corrected chi connectivity index (χ1v) is 7.97. The number of amides is 2. The molecule has 0 bridgehead atoms. The highest BCUT2D eigenvalue weighted by Crippen LogP contribution is 2.19. The summed E-state index contributed by atoms with van der Waals surface area (Å²) in [7, 11) is 0. The zero-order chi connectivity index (χ0) is 15.9. The molecule has 22 heavy (non-hydrogen) atoms. The molecule has 0 aliphatic carbocycles. The van der Waals surface area contributed by atoms with Crippen LogP contribution in [-0.2, 0) is 14.3 Å². The maximum Gasteiger partial charge on any atom is 0.243 e. The summed E-state index contributed by atoms with van der Waals surface area (Å²) in [5, 5.41) is 8.57. The highest BCUT2D eigenvalue weighted by molar-refractivity contribution is 9.10. The molecule has 3 N–H and O–H groups in total. The highest BCUT2D eigenvalue weighted by Gasteiger charge is 2.17. The SMILES string of the molecule is Cc1cc(NC(=O)CNC(=O)CC2COCCN2)ccc1Br. The lowest BCUT2D eigenvalue weighted by molar-refractivity contribution is -0.125. The lowest BCUT2D eigenvalue weighted by atomic mass is 10.2. The molecule has 1 aliphatic rings. The predicted octanol–water partition coefficient (Wildman–Crippen LogP) is 1.19. The van der Waals surface area contributed by atoms with Crippen LogP contribution in [0, 0.1) is 6.92 Å². The van der Waals surface area contributed by atoms with E-state index in [1.54, 1.807) is 6.07 Å². The van der Waals surface area contributed by atoms with E-state index in [-0.39, 0.29) is 24.4 Å². The molecule has 0 radical (unpaired) electrons. The van der Waals surface area contributed by atoms with Crippen molar-refractivity contribution in [3.05, 3.63) is 28.2 Å². The monoisotopic (exact) mass is 369 g/mol. The maximum atomic E-state index is 11.8. The third kappa shape index (κ3) is 5.40. The van der Waals surface area contributed by atoms with Crippen LogP contribution >= 0.6 is 15.9 Å². The maximum absolute atomic E-state index is 11.8. The van der Waals surface area contributed by atoms with Crippen molar-refractivity contribution in [2.75, 3.05) is 31.6 Å². The van der Waals surface area contributed by atoms with E-state index >= 15 is 0 Å². The summed E-state index contributed by atoms with van der Waals surface area (Å²) >= 11 is 3.41. The molecule has 1 aliphatic heterocycles. The molecule has 1 saturated heterocycles. The van der Waals surface area contributed by atoms with Crippen molar-refractivity contribution in [2.24, 2.45) is 0 Å². The number of hydrogen-bond donors (Lipinski definition) is 3. The van der Waals surface area contributed by atoms with Crippen LogP contribution in [0.4, 0.5) is 5.69 Å². The summed E-state index contributed by atoms with van der Waals surface area (Å²) in [4.78, 5) is 23.6. The fourth-order valence-electron chi connectivity index (χ4n) is 2.15. The van der Waals surface area contributed by atoms with E-state index in [9.17, 15) is 9.59 Å². The van der Waals surface area contributed by atoms with Gasteiger partial charge in [-0.1, -0.05) is 15.9 Å².